The summed E-state index contributed by atoms with van der Waals surface area (Å²) in [6.45, 7) is -2.93. The second-order valence-corrected chi connectivity index (χ2v) is 3.27. The molecule has 0 bridgehead atoms. The standard InChI is InChI=1S/C10H9F2N3O2S.Na/c1-16-8-3-2-6(17-9(11)12)4-7(8)15-10(18)14-5-13;/h2-4,9H,1H3,(H2,14,15,18);/q;+1/p-1. The summed E-state index contributed by atoms with van der Waals surface area (Å²) in [5.41, 5.74) is 0.277. The number of halogens is 2. The molecule has 0 aliphatic carbocycles. The molecule has 0 saturated heterocycles. The number of ether oxygens (including phenoxy) is 2. The van der Waals surface area contributed by atoms with Gasteiger partial charge in [0.05, 0.1) is 12.2 Å². The van der Waals surface area contributed by atoms with Gasteiger partial charge < -0.3 is 25.4 Å². The van der Waals surface area contributed by atoms with Crippen molar-refractivity contribution in [1.82, 2.24) is 0 Å². The van der Waals surface area contributed by atoms with Gasteiger partial charge in [-0.3, -0.25) is 0 Å². The van der Waals surface area contributed by atoms with E-state index in [9.17, 15) is 8.78 Å². The second-order valence-electron chi connectivity index (χ2n) is 2.88. The molecule has 1 aromatic carbocycles. The molecule has 96 valence electrons. The van der Waals surface area contributed by atoms with Crippen molar-refractivity contribution in [2.24, 2.45) is 0 Å². The first-order valence-electron chi connectivity index (χ1n) is 4.60. The monoisotopic (exact) mass is 295 g/mol. The van der Waals surface area contributed by atoms with E-state index in [0.29, 0.717) is 5.75 Å². The van der Waals surface area contributed by atoms with Crippen LogP contribution in [0.1, 0.15) is 0 Å². The van der Waals surface area contributed by atoms with Crippen LogP contribution in [0.15, 0.2) is 18.2 Å². The Balaban J connectivity index is 0.00000324. The van der Waals surface area contributed by atoms with Crippen LogP contribution in [0.2, 0.25) is 0 Å². The average molecular weight is 295 g/mol. The zero-order valence-electron chi connectivity index (χ0n) is 10.2. The van der Waals surface area contributed by atoms with E-state index in [-0.39, 0.29) is 46.1 Å². The molecule has 0 spiro atoms. The zero-order chi connectivity index (χ0) is 13.5. The molecule has 1 rings (SSSR count). The molecule has 0 fully saturated rings. The summed E-state index contributed by atoms with van der Waals surface area (Å²) in [5, 5.41) is 14.0. The molecule has 9 heteroatoms. The normalized spacial score (nSPS) is 9.00. The number of benzene rings is 1. The van der Waals surface area contributed by atoms with Crippen LogP contribution in [-0.2, 0) is 0 Å². The molecule has 0 aliphatic rings. The van der Waals surface area contributed by atoms with Gasteiger partial charge in [0.1, 0.15) is 11.5 Å². The second kappa shape index (κ2) is 8.87. The number of alkyl halides is 2. The number of nitriles is 1. The van der Waals surface area contributed by atoms with Crippen molar-refractivity contribution < 1.29 is 47.8 Å². The van der Waals surface area contributed by atoms with Crippen molar-refractivity contribution >= 4 is 23.0 Å². The maximum Gasteiger partial charge on any atom is 1.00 e. The summed E-state index contributed by atoms with van der Waals surface area (Å²) in [7, 11) is 1.40. The molecule has 0 amide bonds. The first-order chi connectivity index (χ1) is 8.56. The fraction of sp³-hybridized carbons (Fsp3) is 0.200. The Labute approximate surface area is 136 Å². The zero-order valence-corrected chi connectivity index (χ0v) is 13.0. The maximum atomic E-state index is 12.1. The molecule has 0 radical (unpaired) electrons. The van der Waals surface area contributed by atoms with Gasteiger partial charge in [-0.1, -0.05) is 12.2 Å². The number of anilines is 1. The van der Waals surface area contributed by atoms with Crippen molar-refractivity contribution in [1.29, 1.82) is 5.26 Å². The third-order valence-electron chi connectivity index (χ3n) is 1.79. The molecule has 5 nitrogen and oxygen atoms in total. The summed E-state index contributed by atoms with van der Waals surface area (Å²) in [4.78, 5) is 0. The van der Waals surface area contributed by atoms with Crippen LogP contribution in [0.5, 0.6) is 11.5 Å². The van der Waals surface area contributed by atoms with Gasteiger partial charge in [-0.25, -0.2) is 0 Å². The smallest absolute Gasteiger partial charge is 0.496 e. The van der Waals surface area contributed by atoms with E-state index in [1.54, 1.807) is 0 Å². The van der Waals surface area contributed by atoms with Crippen molar-refractivity contribution in [3.8, 4) is 17.7 Å². The van der Waals surface area contributed by atoms with Gasteiger partial charge in [0, 0.05) is 11.9 Å². The quantitative estimate of drug-likeness (QED) is 0.475. The number of hydrogen-bond donors (Lipinski definition) is 1. The Morgan fingerprint density at radius 2 is 2.21 bits per heavy atom. The molecular weight excluding hydrogens is 287 g/mol. The van der Waals surface area contributed by atoms with Gasteiger partial charge in [0.2, 0.25) is 0 Å². The van der Waals surface area contributed by atoms with E-state index in [1.165, 1.54) is 31.5 Å². The fourth-order valence-electron chi connectivity index (χ4n) is 1.15. The third kappa shape index (κ3) is 6.02. The third-order valence-corrected chi connectivity index (χ3v) is 1.98. The fourth-order valence-corrected chi connectivity index (χ4v) is 1.30. The Morgan fingerprint density at radius 3 is 2.74 bits per heavy atom. The van der Waals surface area contributed by atoms with Gasteiger partial charge in [-0.2, -0.15) is 8.78 Å². The number of hydrogen-bond acceptors (Lipinski definition) is 4. The topological polar surface area (TPSA) is 68.4 Å². The van der Waals surface area contributed by atoms with E-state index in [4.69, 9.17) is 22.2 Å². The summed E-state index contributed by atoms with van der Waals surface area (Å²) in [5.74, 6) is 0.292. The average Bonchev–Trinajstić information content (AvgIpc) is 2.28. The van der Waals surface area contributed by atoms with Gasteiger partial charge in [-0.15, -0.1) is 0 Å². The van der Waals surface area contributed by atoms with Gasteiger partial charge in [0.15, 0.2) is 0 Å². The van der Waals surface area contributed by atoms with E-state index < -0.39 is 6.61 Å². The van der Waals surface area contributed by atoms with E-state index in [2.05, 4.69) is 15.4 Å². The number of nitrogens with zero attached hydrogens (tertiary/aromatic N) is 2. The van der Waals surface area contributed by atoms with Crippen LogP contribution in [0.3, 0.4) is 0 Å². The minimum absolute atomic E-state index is 0. The maximum absolute atomic E-state index is 12.1. The van der Waals surface area contributed by atoms with Crippen LogP contribution in [-0.4, -0.2) is 18.8 Å². The van der Waals surface area contributed by atoms with Crippen LogP contribution in [0.25, 0.3) is 5.32 Å². The number of methoxy groups -OCH3 is 1. The molecule has 0 aliphatic heterocycles. The van der Waals surface area contributed by atoms with Crippen LogP contribution >= 0.6 is 12.2 Å². The van der Waals surface area contributed by atoms with Crippen molar-refractivity contribution in [2.75, 3.05) is 12.4 Å². The minimum atomic E-state index is -2.93. The summed E-state index contributed by atoms with van der Waals surface area (Å²) < 4.78 is 33.3. The SMILES string of the molecule is COc1ccc(OC(F)F)cc1NC(=S)[N-]C#N.[Na+]. The van der Waals surface area contributed by atoms with Gasteiger partial charge in [-0.05, 0) is 18.2 Å². The molecule has 0 heterocycles. The van der Waals surface area contributed by atoms with E-state index in [0.717, 1.165) is 0 Å². The van der Waals surface area contributed by atoms with E-state index in [1.807, 2.05) is 0 Å². The summed E-state index contributed by atoms with van der Waals surface area (Å²) >= 11 is 4.73. The van der Waals surface area contributed by atoms with Crippen molar-refractivity contribution in [3.63, 3.8) is 0 Å². The summed E-state index contributed by atoms with van der Waals surface area (Å²) in [6, 6.07) is 4.01. The Morgan fingerprint density at radius 1 is 1.53 bits per heavy atom. The van der Waals surface area contributed by atoms with Crippen LogP contribution < -0.4 is 44.3 Å². The predicted molar refractivity (Wildman–Crippen MR) is 64.8 cm³/mol. The molecule has 1 N–H and O–H groups in total. The van der Waals surface area contributed by atoms with Crippen LogP contribution in [0, 0.1) is 11.5 Å². The predicted octanol–water partition coefficient (Wildman–Crippen LogP) is -0.148. The Hall–Kier alpha value is -1.14. The summed E-state index contributed by atoms with van der Waals surface area (Å²) in [6.07, 6.45) is 1.50. The first-order valence-corrected chi connectivity index (χ1v) is 5.01. The van der Waals surface area contributed by atoms with Crippen molar-refractivity contribution in [2.45, 2.75) is 6.61 Å². The first kappa shape index (κ1) is 17.9. The largest absolute Gasteiger partial charge is 1.00 e. The number of nitrogens with one attached hydrogen (secondary N) is 1. The molecule has 0 aromatic heterocycles. The molecule has 0 unspecified atom stereocenters. The molecule has 1 aromatic rings. The Bertz CT molecular complexity index is 482. The van der Waals surface area contributed by atoms with Crippen LogP contribution in [0.4, 0.5) is 14.5 Å². The van der Waals surface area contributed by atoms with E-state index >= 15 is 0 Å². The molecule has 19 heavy (non-hydrogen) atoms. The molecular formula is C10H8F2N3NaO2S. The molecule has 0 saturated carbocycles. The van der Waals surface area contributed by atoms with Gasteiger partial charge in [0.25, 0.3) is 0 Å². The number of rotatable bonds is 4. The Kier molecular flexibility index (Phi) is 8.34. The van der Waals surface area contributed by atoms with Gasteiger partial charge >= 0.3 is 36.2 Å². The minimum Gasteiger partial charge on any atom is -0.496 e. The number of thiocarbonyl (C=S) groups is 1. The van der Waals surface area contributed by atoms with Crippen molar-refractivity contribution in [3.05, 3.63) is 23.5 Å². The molecule has 0 atom stereocenters.